The number of furan rings is 1. The molecule has 3 rings (SSSR count). The molecule has 1 aliphatic rings. The molecular formula is C18H22N2O3. The van der Waals surface area contributed by atoms with E-state index in [9.17, 15) is 9.59 Å². The molecule has 0 radical (unpaired) electrons. The summed E-state index contributed by atoms with van der Waals surface area (Å²) >= 11 is 0. The Kier molecular flexibility index (Phi) is 4.11. The van der Waals surface area contributed by atoms with Crippen molar-refractivity contribution in [2.45, 2.75) is 39.2 Å². The Morgan fingerprint density at radius 3 is 2.74 bits per heavy atom. The molecule has 0 bridgehead atoms. The SMILES string of the molecule is Cc1ccc2c(CC(=O)N(C)CC(=O)NC3CC3)coc2c1C. The number of hydrogen-bond donors (Lipinski definition) is 1. The van der Waals surface area contributed by atoms with E-state index in [-0.39, 0.29) is 24.8 Å². The van der Waals surface area contributed by atoms with Gasteiger partial charge in [0.2, 0.25) is 11.8 Å². The number of nitrogens with one attached hydrogen (secondary N) is 1. The van der Waals surface area contributed by atoms with E-state index in [2.05, 4.69) is 5.32 Å². The summed E-state index contributed by atoms with van der Waals surface area (Å²) in [5, 5.41) is 3.86. The Bertz CT molecular complexity index is 759. The van der Waals surface area contributed by atoms with Crippen LogP contribution in [-0.2, 0) is 16.0 Å². The fraction of sp³-hybridized carbons (Fsp3) is 0.444. The van der Waals surface area contributed by atoms with Gasteiger partial charge in [0, 0.05) is 24.0 Å². The second kappa shape index (κ2) is 6.07. The number of carbonyl (C=O) groups excluding carboxylic acids is 2. The number of carbonyl (C=O) groups is 2. The quantitative estimate of drug-likeness (QED) is 0.921. The van der Waals surface area contributed by atoms with Crippen LogP contribution in [0.15, 0.2) is 22.8 Å². The third kappa shape index (κ3) is 3.38. The van der Waals surface area contributed by atoms with E-state index in [1.54, 1.807) is 13.3 Å². The molecule has 1 N–H and O–H groups in total. The minimum Gasteiger partial charge on any atom is -0.464 e. The van der Waals surface area contributed by atoms with Crippen LogP contribution in [0.25, 0.3) is 11.0 Å². The van der Waals surface area contributed by atoms with Gasteiger partial charge in [-0.2, -0.15) is 0 Å². The van der Waals surface area contributed by atoms with Crippen LogP contribution < -0.4 is 5.32 Å². The van der Waals surface area contributed by atoms with Crippen molar-refractivity contribution in [2.75, 3.05) is 13.6 Å². The molecule has 0 atom stereocenters. The van der Waals surface area contributed by atoms with E-state index in [0.717, 1.165) is 34.9 Å². The van der Waals surface area contributed by atoms with E-state index in [4.69, 9.17) is 4.42 Å². The fourth-order valence-electron chi connectivity index (χ4n) is 2.63. The monoisotopic (exact) mass is 314 g/mol. The number of rotatable bonds is 5. The standard InChI is InChI=1S/C18H22N2O3/c1-11-4-7-15-13(10-23-18(15)12(11)2)8-17(22)20(3)9-16(21)19-14-5-6-14/h4,7,10,14H,5-6,8-9H2,1-3H3,(H,19,21). The van der Waals surface area contributed by atoms with Crippen molar-refractivity contribution in [2.24, 2.45) is 0 Å². The van der Waals surface area contributed by atoms with Gasteiger partial charge >= 0.3 is 0 Å². The molecule has 1 fully saturated rings. The van der Waals surface area contributed by atoms with Crippen LogP contribution in [0.3, 0.4) is 0 Å². The predicted octanol–water partition coefficient (Wildman–Crippen LogP) is 2.33. The lowest BCUT2D eigenvalue weighted by molar-refractivity contribution is -0.134. The van der Waals surface area contributed by atoms with Gasteiger partial charge in [0.25, 0.3) is 0 Å². The molecule has 0 unspecified atom stereocenters. The molecule has 23 heavy (non-hydrogen) atoms. The Morgan fingerprint density at radius 2 is 2.04 bits per heavy atom. The van der Waals surface area contributed by atoms with E-state index in [1.807, 2.05) is 26.0 Å². The van der Waals surface area contributed by atoms with E-state index in [0.29, 0.717) is 6.04 Å². The molecule has 5 heteroatoms. The summed E-state index contributed by atoms with van der Waals surface area (Å²) in [4.78, 5) is 25.6. The molecule has 5 nitrogen and oxygen atoms in total. The number of nitrogens with zero attached hydrogens (tertiary/aromatic N) is 1. The smallest absolute Gasteiger partial charge is 0.239 e. The van der Waals surface area contributed by atoms with Gasteiger partial charge in [0.1, 0.15) is 5.58 Å². The number of likely N-dealkylation sites (N-methyl/N-ethyl adjacent to an activating group) is 1. The van der Waals surface area contributed by atoms with Gasteiger partial charge < -0.3 is 14.6 Å². The van der Waals surface area contributed by atoms with Gasteiger partial charge in [0.05, 0.1) is 19.2 Å². The lowest BCUT2D eigenvalue weighted by Gasteiger charge is -2.16. The fourth-order valence-corrected chi connectivity index (χ4v) is 2.63. The summed E-state index contributed by atoms with van der Waals surface area (Å²) in [6.07, 6.45) is 3.97. The molecule has 122 valence electrons. The van der Waals surface area contributed by atoms with Crippen molar-refractivity contribution < 1.29 is 14.0 Å². The minimum absolute atomic E-state index is 0.0862. The maximum Gasteiger partial charge on any atom is 0.239 e. The summed E-state index contributed by atoms with van der Waals surface area (Å²) in [6.45, 7) is 4.15. The first-order valence-electron chi connectivity index (χ1n) is 7.95. The highest BCUT2D eigenvalue weighted by molar-refractivity contribution is 5.91. The molecule has 1 aromatic heterocycles. The lowest BCUT2D eigenvalue weighted by Crippen LogP contribution is -2.39. The molecule has 2 amide bonds. The van der Waals surface area contributed by atoms with Crippen LogP contribution in [0.5, 0.6) is 0 Å². The summed E-state index contributed by atoms with van der Waals surface area (Å²) in [5.41, 5.74) is 3.96. The zero-order valence-electron chi connectivity index (χ0n) is 13.8. The van der Waals surface area contributed by atoms with Gasteiger partial charge in [-0.15, -0.1) is 0 Å². The summed E-state index contributed by atoms with van der Waals surface area (Å²) < 4.78 is 5.63. The average molecular weight is 314 g/mol. The Hall–Kier alpha value is -2.30. The van der Waals surface area contributed by atoms with E-state index >= 15 is 0 Å². The second-order valence-electron chi connectivity index (χ2n) is 6.41. The summed E-state index contributed by atoms with van der Waals surface area (Å²) in [7, 11) is 1.66. The van der Waals surface area contributed by atoms with Crippen LogP contribution in [0.2, 0.25) is 0 Å². The molecule has 1 saturated carbocycles. The van der Waals surface area contributed by atoms with E-state index in [1.165, 1.54) is 10.5 Å². The van der Waals surface area contributed by atoms with Crippen molar-refractivity contribution in [3.05, 3.63) is 35.1 Å². The van der Waals surface area contributed by atoms with Gasteiger partial charge in [-0.05, 0) is 37.8 Å². The topological polar surface area (TPSA) is 62.6 Å². The lowest BCUT2D eigenvalue weighted by atomic mass is 10.0. The van der Waals surface area contributed by atoms with Crippen LogP contribution in [0, 0.1) is 13.8 Å². The third-order valence-corrected chi connectivity index (χ3v) is 4.43. The number of benzene rings is 1. The molecule has 0 saturated heterocycles. The van der Waals surface area contributed by atoms with Crippen LogP contribution in [0.1, 0.15) is 29.5 Å². The second-order valence-corrected chi connectivity index (χ2v) is 6.41. The first kappa shape index (κ1) is 15.6. The van der Waals surface area contributed by atoms with Crippen molar-refractivity contribution in [1.29, 1.82) is 0 Å². The highest BCUT2D eigenvalue weighted by Gasteiger charge is 2.24. The highest BCUT2D eigenvalue weighted by atomic mass is 16.3. The first-order chi connectivity index (χ1) is 11.0. The molecule has 2 aromatic rings. The molecule has 1 aliphatic carbocycles. The number of amides is 2. The Morgan fingerprint density at radius 1 is 1.30 bits per heavy atom. The number of hydrogen-bond acceptors (Lipinski definition) is 3. The van der Waals surface area contributed by atoms with E-state index < -0.39 is 0 Å². The predicted molar refractivity (Wildman–Crippen MR) is 88.2 cm³/mol. The van der Waals surface area contributed by atoms with Crippen LogP contribution >= 0.6 is 0 Å². The van der Waals surface area contributed by atoms with Crippen LogP contribution in [-0.4, -0.2) is 36.3 Å². The molecule has 1 aromatic carbocycles. The van der Waals surface area contributed by atoms with Gasteiger partial charge in [-0.1, -0.05) is 12.1 Å². The maximum absolute atomic E-state index is 12.3. The Balaban J connectivity index is 1.67. The van der Waals surface area contributed by atoms with Gasteiger partial charge in [-0.25, -0.2) is 0 Å². The summed E-state index contributed by atoms with van der Waals surface area (Å²) in [6, 6.07) is 4.34. The number of aryl methyl sites for hydroxylation is 2. The van der Waals surface area contributed by atoms with Crippen molar-refractivity contribution in [3.63, 3.8) is 0 Å². The third-order valence-electron chi connectivity index (χ3n) is 4.43. The van der Waals surface area contributed by atoms with Crippen molar-refractivity contribution in [3.8, 4) is 0 Å². The van der Waals surface area contributed by atoms with Gasteiger partial charge in [-0.3, -0.25) is 9.59 Å². The molecule has 0 spiro atoms. The summed E-state index contributed by atoms with van der Waals surface area (Å²) in [5.74, 6) is -0.177. The largest absolute Gasteiger partial charge is 0.464 e. The zero-order chi connectivity index (χ0) is 16.6. The van der Waals surface area contributed by atoms with Gasteiger partial charge in [0.15, 0.2) is 0 Å². The molecule has 0 aliphatic heterocycles. The zero-order valence-corrected chi connectivity index (χ0v) is 13.8. The average Bonchev–Trinajstić information content (AvgIpc) is 3.22. The van der Waals surface area contributed by atoms with Crippen LogP contribution in [0.4, 0.5) is 0 Å². The molecular weight excluding hydrogens is 292 g/mol. The molecule has 1 heterocycles. The Labute approximate surface area is 135 Å². The minimum atomic E-state index is -0.0909. The number of fused-ring (bicyclic) bond motifs is 1. The van der Waals surface area contributed by atoms with Crippen molar-refractivity contribution in [1.82, 2.24) is 10.2 Å². The first-order valence-corrected chi connectivity index (χ1v) is 7.95. The normalized spacial score (nSPS) is 14.0. The van der Waals surface area contributed by atoms with Crippen molar-refractivity contribution >= 4 is 22.8 Å². The highest BCUT2D eigenvalue weighted by Crippen LogP contribution is 2.27. The maximum atomic E-state index is 12.3.